The van der Waals surface area contributed by atoms with E-state index in [1.807, 2.05) is 0 Å². The molecule has 0 spiro atoms. The molecule has 0 bridgehead atoms. The van der Waals surface area contributed by atoms with Gasteiger partial charge in [0.25, 0.3) is 6.71 Å². The van der Waals surface area contributed by atoms with E-state index < -0.39 is 350 Å². The summed E-state index contributed by atoms with van der Waals surface area (Å²) in [6, 6.07) is 4.26. The van der Waals surface area contributed by atoms with Crippen LogP contribution in [0.5, 0.6) is 0 Å². The smallest absolute Gasteiger partial charge is 0.252 e. The molecule has 474 valence electrons. The van der Waals surface area contributed by atoms with Gasteiger partial charge in [-0.15, -0.1) is 0 Å². The van der Waals surface area contributed by atoms with Gasteiger partial charge in [-0.3, -0.25) is 0 Å². The van der Waals surface area contributed by atoms with Crippen LogP contribution in [0.15, 0.2) is 336 Å². The van der Waals surface area contributed by atoms with Crippen LogP contribution < -0.4 is 26.2 Å². The number of hydrogen-bond donors (Lipinski definition) is 0. The standard InChI is InChI=1S/C94H63BN4O2/c1-94(2,3)64-54-85-89-86(55-64)99(91-68(47-49-76-74-37-15-21-43-88(74)101-93(76)91)63-31-23-29-61(53-63)59-26-8-5-9-27-59)84-57-66(97-81-40-18-12-34-71(81)72-35-13-19-41-82(72)97)45-51-78(84)95(89)77-50-44-65(96-79-38-16-10-32-69(79)70-33-11-17-39-80(70)96)56-83(77)98(85)90-67(46-48-75-73-36-14-20-42-87(73)100-92(75)90)62-30-22-28-60(52-62)58-24-6-4-7-25-58/h4-57H,1-3H3/i10D,11D,12D,13D,14D,15D,16D,17D,18D,19D,20D,21D,32D,33D,34D,35D,36D,37D,38D,39D,40D,41D,42D,43D,44D,45D,46D,47D,48D,49D,50D,51D,56D,57D. The van der Waals surface area contributed by atoms with E-state index in [1.54, 1.807) is 142 Å². The van der Waals surface area contributed by atoms with Gasteiger partial charge in [-0.2, -0.15) is 0 Å². The Morgan fingerprint density at radius 1 is 0.327 bits per heavy atom. The maximum absolute atomic E-state index is 11.8. The predicted octanol–water partition coefficient (Wildman–Crippen LogP) is 23.7. The average molecular weight is 1330 g/mol. The van der Waals surface area contributed by atoms with Crippen LogP contribution in [0.2, 0.25) is 0 Å². The SMILES string of the molecule is [2H]c1c([2H])c(-n2c3c([2H])c([2H])c([2H])c([2H])c3c3c([2H])c([2H])c([2H])c([2H])c32)c([2H])c2c1B1c3c(cc(C(C)(C)C)cc3N(c3c(-c4cccc(-c5ccccc5)c4)c([2H])c([2H])c4c3oc3c([2H])c([2H])c([2H])c([2H])c34)c3c([2H])c(-n4c5c([2H])c([2H])c([2H])c([2H])c5c5c([2H])c([2H])c([2H])c([2H])c54)c([2H])c([2H])c31)N2c1c(-c2cccc(-c3ccccc3)c2)c([2H])c([2H])c2c1oc1c([2H])c([2H])c([2H])c([2H])c12. The molecule has 0 amide bonds. The van der Waals surface area contributed by atoms with Crippen molar-refractivity contribution in [2.24, 2.45) is 0 Å². The van der Waals surface area contributed by atoms with E-state index in [1.165, 1.54) is 9.80 Å². The van der Waals surface area contributed by atoms with Gasteiger partial charge in [0, 0.05) is 88.3 Å². The van der Waals surface area contributed by atoms with Crippen molar-refractivity contribution in [2.45, 2.75) is 26.2 Å². The molecule has 4 aromatic heterocycles. The quantitative estimate of drug-likeness (QED) is 0.142. The molecule has 0 saturated carbocycles. The molecule has 0 aliphatic carbocycles. The lowest BCUT2D eigenvalue weighted by molar-refractivity contribution is 0.590. The van der Waals surface area contributed by atoms with Crippen molar-refractivity contribution in [3.63, 3.8) is 0 Å². The maximum atomic E-state index is 11.8. The van der Waals surface area contributed by atoms with Crippen molar-refractivity contribution < 1.29 is 55.4 Å². The average Bonchev–Trinajstić information content (AvgIpc) is 1.14. The van der Waals surface area contributed by atoms with Crippen molar-refractivity contribution in [1.82, 2.24) is 9.13 Å². The van der Waals surface area contributed by atoms with E-state index >= 15 is 0 Å². The van der Waals surface area contributed by atoms with E-state index in [2.05, 4.69) is 0 Å². The highest BCUT2D eigenvalue weighted by Crippen LogP contribution is 2.55. The minimum Gasteiger partial charge on any atom is -0.454 e. The van der Waals surface area contributed by atoms with Crippen LogP contribution in [-0.4, -0.2) is 15.8 Å². The normalized spacial score (nSPS) is 17.6. The number of para-hydroxylation sites is 6. The number of furan rings is 2. The van der Waals surface area contributed by atoms with E-state index in [4.69, 9.17) is 14.3 Å². The van der Waals surface area contributed by atoms with Crippen LogP contribution in [0.4, 0.5) is 34.1 Å². The van der Waals surface area contributed by atoms with E-state index in [0.717, 1.165) is 9.13 Å². The van der Waals surface area contributed by atoms with Gasteiger partial charge in [0.2, 0.25) is 0 Å². The Morgan fingerprint density at radius 3 is 1.10 bits per heavy atom. The summed E-state index contributed by atoms with van der Waals surface area (Å²) in [4.78, 5) is 2.59. The molecule has 21 rings (SSSR count). The molecule has 0 saturated heterocycles. The van der Waals surface area contributed by atoms with Crippen molar-refractivity contribution in [1.29, 1.82) is 0 Å². The van der Waals surface area contributed by atoms with Gasteiger partial charge < -0.3 is 27.8 Å². The number of benzene rings is 15. The first-order chi connectivity index (χ1) is 63.9. The molecule has 0 radical (unpaired) electrons. The molecule has 0 fully saturated rings. The Morgan fingerprint density at radius 2 is 0.693 bits per heavy atom. The first-order valence-corrected chi connectivity index (χ1v) is 32.2. The Labute approximate surface area is 631 Å². The molecule has 19 aromatic rings. The number of aromatic nitrogens is 2. The van der Waals surface area contributed by atoms with Crippen molar-refractivity contribution in [2.75, 3.05) is 9.80 Å². The summed E-state index contributed by atoms with van der Waals surface area (Å²) in [5.41, 5.74) is -10.2. The summed E-state index contributed by atoms with van der Waals surface area (Å²) < 4.78 is 354. The summed E-state index contributed by atoms with van der Waals surface area (Å²) >= 11 is 0. The number of anilines is 6. The minimum absolute atomic E-state index is 0.0633. The maximum Gasteiger partial charge on any atom is 0.252 e. The molecule has 2 aliphatic rings. The highest BCUT2D eigenvalue weighted by atomic mass is 16.3. The van der Waals surface area contributed by atoms with Crippen LogP contribution in [-0.2, 0) is 5.41 Å². The van der Waals surface area contributed by atoms with Crippen LogP contribution in [0, 0.1) is 0 Å². The highest BCUT2D eigenvalue weighted by Gasteiger charge is 2.47. The molecule has 6 heterocycles. The monoisotopic (exact) mass is 1320 g/mol. The van der Waals surface area contributed by atoms with Crippen LogP contribution >= 0.6 is 0 Å². The van der Waals surface area contributed by atoms with Gasteiger partial charge in [-0.05, 0) is 158 Å². The molecule has 101 heavy (non-hydrogen) atoms. The van der Waals surface area contributed by atoms with E-state index in [-0.39, 0.29) is 44.7 Å². The van der Waals surface area contributed by atoms with Gasteiger partial charge in [0.1, 0.15) is 11.2 Å². The number of nitrogens with zero attached hydrogens (tertiary/aromatic N) is 4. The molecule has 0 N–H and O–H groups in total. The van der Waals surface area contributed by atoms with E-state index in [0.29, 0.717) is 22.3 Å². The Kier molecular flexibility index (Phi) is 7.16. The lowest BCUT2D eigenvalue weighted by Crippen LogP contribution is -2.61. The van der Waals surface area contributed by atoms with Gasteiger partial charge in [0.05, 0.1) is 80.0 Å². The zero-order chi connectivity index (χ0) is 96.4. The zero-order valence-corrected chi connectivity index (χ0v) is 53.2. The van der Waals surface area contributed by atoms with E-state index in [9.17, 15) is 41.1 Å². The largest absolute Gasteiger partial charge is 0.454 e. The summed E-state index contributed by atoms with van der Waals surface area (Å²) in [5, 5.41) is -3.98. The first kappa shape index (κ1) is 33.1. The Balaban J connectivity index is 1.06. The van der Waals surface area contributed by atoms with Gasteiger partial charge in [-0.1, -0.05) is 251 Å². The Bertz CT molecular complexity index is 8160. The number of hydrogen-bond acceptors (Lipinski definition) is 4. The molecule has 15 aromatic carbocycles. The topological polar surface area (TPSA) is 42.6 Å². The molecule has 0 unspecified atom stereocenters. The summed E-state index contributed by atoms with van der Waals surface area (Å²) in [6.07, 6.45) is 0. The number of rotatable bonds is 8. The molecule has 2 aliphatic heterocycles. The van der Waals surface area contributed by atoms with Crippen molar-refractivity contribution >= 4 is 145 Å². The van der Waals surface area contributed by atoms with Gasteiger partial charge >= 0.3 is 0 Å². The predicted molar refractivity (Wildman–Crippen MR) is 424 cm³/mol. The third-order valence-corrected chi connectivity index (χ3v) is 19.1. The third-order valence-electron chi connectivity index (χ3n) is 19.1. The summed E-state index contributed by atoms with van der Waals surface area (Å²) in [5.74, 6) is 0. The van der Waals surface area contributed by atoms with Gasteiger partial charge in [-0.25, -0.2) is 0 Å². The lowest BCUT2D eigenvalue weighted by atomic mass is 9.33. The zero-order valence-electron chi connectivity index (χ0n) is 87.2. The second-order valence-electron chi connectivity index (χ2n) is 25.7. The fourth-order valence-electron chi connectivity index (χ4n) is 14.6. The highest BCUT2D eigenvalue weighted by molar-refractivity contribution is 7.00. The summed E-state index contributed by atoms with van der Waals surface area (Å²) in [6.45, 7) is 3.16. The van der Waals surface area contributed by atoms with Crippen molar-refractivity contribution in [3.05, 3.63) is 332 Å². The fourth-order valence-corrected chi connectivity index (χ4v) is 14.6. The molecular weight excluding hydrogens is 1230 g/mol. The number of fused-ring (bicyclic) bond motifs is 16. The molecule has 0 atom stereocenters. The molecular formula is C94H63BN4O2. The summed E-state index contributed by atoms with van der Waals surface area (Å²) in [7, 11) is 0. The second kappa shape index (κ2) is 21.8. The second-order valence-corrected chi connectivity index (χ2v) is 25.7. The lowest BCUT2D eigenvalue weighted by Gasteiger charge is -2.45. The first-order valence-electron chi connectivity index (χ1n) is 49.2. The molecule has 6 nitrogen and oxygen atoms in total. The van der Waals surface area contributed by atoms with Crippen molar-refractivity contribution in [3.8, 4) is 55.9 Å². The third kappa shape index (κ3) is 8.60. The van der Waals surface area contributed by atoms with Crippen LogP contribution in [0.1, 0.15) is 72.9 Å². The van der Waals surface area contributed by atoms with Crippen LogP contribution in [0.25, 0.3) is 143 Å². The van der Waals surface area contributed by atoms with Gasteiger partial charge in [0.15, 0.2) is 11.2 Å². The molecule has 7 heteroatoms. The Hall–Kier alpha value is -12.8. The minimum atomic E-state index is -2.12. The van der Waals surface area contributed by atoms with Crippen LogP contribution in [0.3, 0.4) is 0 Å². The fraction of sp³-hybridized carbons (Fsp3) is 0.0426.